The fraction of sp³-hybridized carbons (Fsp3) is 0.375. The molecule has 0 atom stereocenters. The first-order chi connectivity index (χ1) is 10.9. The van der Waals surface area contributed by atoms with Crippen LogP contribution < -0.4 is 5.32 Å². The van der Waals surface area contributed by atoms with Crippen molar-refractivity contribution >= 4 is 34.5 Å². The highest BCUT2D eigenvalue weighted by Crippen LogP contribution is 2.24. The second-order valence-electron chi connectivity index (χ2n) is 4.78. The Bertz CT molecular complexity index is 562. The smallest absolute Gasteiger partial charge is 0.381 e. The standard InChI is InChI=1S/C16H18F2INO3/c1-23-15(22)16(17,18)11-13(19)9-5-6-10-20-14(21)12-7-3-2-4-8-12/h2-4,7-8,11H,5-6,9-10H2,1H3,(H,20,21). The SMILES string of the molecule is COC(=O)C(F)(F)C=C(I)CCCCNC(=O)c1ccccc1. The van der Waals surface area contributed by atoms with Crippen LogP contribution in [0.5, 0.6) is 0 Å². The lowest BCUT2D eigenvalue weighted by atomic mass is 10.2. The molecule has 1 aromatic rings. The van der Waals surface area contributed by atoms with Crippen molar-refractivity contribution in [2.24, 2.45) is 0 Å². The van der Waals surface area contributed by atoms with Gasteiger partial charge >= 0.3 is 11.9 Å². The summed E-state index contributed by atoms with van der Waals surface area (Å²) >= 11 is 1.78. The first-order valence-electron chi connectivity index (χ1n) is 7.03. The number of hydrogen-bond acceptors (Lipinski definition) is 3. The minimum atomic E-state index is -3.60. The molecule has 0 saturated heterocycles. The second kappa shape index (κ2) is 9.59. The van der Waals surface area contributed by atoms with Crippen LogP contribution in [0.15, 0.2) is 40.0 Å². The Balaban J connectivity index is 2.29. The highest BCUT2D eigenvalue weighted by atomic mass is 127. The number of alkyl halides is 2. The fourth-order valence-corrected chi connectivity index (χ4v) is 2.55. The van der Waals surface area contributed by atoms with Gasteiger partial charge in [0.15, 0.2) is 0 Å². The second-order valence-corrected chi connectivity index (χ2v) is 6.17. The predicted octanol–water partition coefficient (Wildman–Crippen LogP) is 3.71. The summed E-state index contributed by atoms with van der Waals surface area (Å²) in [4.78, 5) is 22.7. The molecule has 126 valence electrons. The molecular weight excluding hydrogens is 419 g/mol. The highest BCUT2D eigenvalue weighted by molar-refractivity contribution is 14.1. The fourth-order valence-electron chi connectivity index (χ4n) is 1.78. The molecule has 0 aromatic heterocycles. The van der Waals surface area contributed by atoms with E-state index >= 15 is 0 Å². The normalized spacial score (nSPS) is 11.9. The Morgan fingerprint density at radius 2 is 1.91 bits per heavy atom. The number of carbonyl (C=O) groups excluding carboxylic acids is 2. The lowest BCUT2D eigenvalue weighted by Gasteiger charge is -2.10. The Hall–Kier alpha value is -1.51. The summed E-state index contributed by atoms with van der Waals surface area (Å²) in [6.45, 7) is 0.463. The lowest BCUT2D eigenvalue weighted by molar-refractivity contribution is -0.161. The van der Waals surface area contributed by atoms with Gasteiger partial charge in [-0.3, -0.25) is 4.79 Å². The molecule has 4 nitrogen and oxygen atoms in total. The number of hydrogen-bond donors (Lipinski definition) is 1. The topological polar surface area (TPSA) is 55.4 Å². The number of unbranched alkanes of at least 4 members (excludes halogenated alkanes) is 1. The van der Waals surface area contributed by atoms with Crippen molar-refractivity contribution in [2.75, 3.05) is 13.7 Å². The average Bonchev–Trinajstić information content (AvgIpc) is 2.53. The maximum absolute atomic E-state index is 13.3. The predicted molar refractivity (Wildman–Crippen MR) is 91.7 cm³/mol. The number of benzene rings is 1. The van der Waals surface area contributed by atoms with Crippen LogP contribution in [0.4, 0.5) is 8.78 Å². The van der Waals surface area contributed by atoms with Gasteiger partial charge in [0.25, 0.3) is 5.91 Å². The van der Waals surface area contributed by atoms with Crippen LogP contribution in [0.3, 0.4) is 0 Å². The van der Waals surface area contributed by atoms with Crippen molar-refractivity contribution in [2.45, 2.75) is 25.2 Å². The van der Waals surface area contributed by atoms with E-state index in [1.807, 2.05) is 6.07 Å². The zero-order chi connectivity index (χ0) is 17.3. The van der Waals surface area contributed by atoms with Crippen molar-refractivity contribution in [3.63, 3.8) is 0 Å². The molecule has 1 N–H and O–H groups in total. The van der Waals surface area contributed by atoms with Gasteiger partial charge in [-0.05, 0) is 57.6 Å². The van der Waals surface area contributed by atoms with Gasteiger partial charge in [0, 0.05) is 18.2 Å². The molecule has 0 unspecified atom stereocenters. The summed E-state index contributed by atoms with van der Waals surface area (Å²) < 4.78 is 31.1. The monoisotopic (exact) mass is 437 g/mol. The van der Waals surface area contributed by atoms with Crippen molar-refractivity contribution in [3.05, 3.63) is 45.6 Å². The Morgan fingerprint density at radius 1 is 1.26 bits per heavy atom. The van der Waals surface area contributed by atoms with Crippen LogP contribution in [-0.2, 0) is 9.53 Å². The summed E-state index contributed by atoms with van der Waals surface area (Å²) in [6.07, 6.45) is 2.31. The third-order valence-electron chi connectivity index (χ3n) is 2.96. The van der Waals surface area contributed by atoms with E-state index in [1.54, 1.807) is 46.9 Å². The molecule has 23 heavy (non-hydrogen) atoms. The molecule has 7 heteroatoms. The zero-order valence-electron chi connectivity index (χ0n) is 12.7. The summed E-state index contributed by atoms with van der Waals surface area (Å²) in [6, 6.07) is 8.83. The van der Waals surface area contributed by atoms with E-state index in [0.717, 1.165) is 7.11 Å². The van der Waals surface area contributed by atoms with E-state index in [2.05, 4.69) is 10.1 Å². The Morgan fingerprint density at radius 3 is 2.52 bits per heavy atom. The van der Waals surface area contributed by atoms with E-state index in [0.29, 0.717) is 41.0 Å². The van der Waals surface area contributed by atoms with E-state index in [4.69, 9.17) is 0 Å². The highest BCUT2D eigenvalue weighted by Gasteiger charge is 2.37. The maximum Gasteiger partial charge on any atom is 0.381 e. The van der Waals surface area contributed by atoms with Gasteiger partial charge in [0.05, 0.1) is 7.11 Å². The quantitative estimate of drug-likeness (QED) is 0.383. The van der Waals surface area contributed by atoms with Crippen LogP contribution in [0.25, 0.3) is 0 Å². The maximum atomic E-state index is 13.3. The van der Waals surface area contributed by atoms with E-state index in [-0.39, 0.29) is 5.91 Å². The number of allylic oxidation sites excluding steroid dienone is 1. The number of amides is 1. The third-order valence-corrected chi connectivity index (χ3v) is 3.81. The third kappa shape index (κ3) is 7.06. The van der Waals surface area contributed by atoms with Crippen LogP contribution in [-0.4, -0.2) is 31.5 Å². The number of carbonyl (C=O) groups is 2. The van der Waals surface area contributed by atoms with Gasteiger partial charge in [0.2, 0.25) is 0 Å². The van der Waals surface area contributed by atoms with Crippen LogP contribution in [0.2, 0.25) is 0 Å². The molecule has 0 radical (unpaired) electrons. The number of methoxy groups -OCH3 is 1. The molecular formula is C16H18F2INO3. The zero-order valence-corrected chi connectivity index (χ0v) is 14.8. The number of nitrogens with one attached hydrogen (secondary N) is 1. The van der Waals surface area contributed by atoms with E-state index in [1.165, 1.54) is 0 Å². The van der Waals surface area contributed by atoms with Gasteiger partial charge in [-0.2, -0.15) is 8.78 Å². The molecule has 0 aliphatic heterocycles. The molecule has 1 amide bonds. The van der Waals surface area contributed by atoms with Gasteiger partial charge in [-0.1, -0.05) is 18.2 Å². The number of halogens is 3. The van der Waals surface area contributed by atoms with Crippen molar-refractivity contribution in [3.8, 4) is 0 Å². The molecule has 0 aliphatic carbocycles. The molecule has 0 saturated carbocycles. The van der Waals surface area contributed by atoms with Gasteiger partial charge in [-0.25, -0.2) is 4.79 Å². The summed E-state index contributed by atoms with van der Waals surface area (Å²) in [7, 11) is 0.923. The average molecular weight is 437 g/mol. The largest absolute Gasteiger partial charge is 0.464 e. The Labute approximate surface area is 147 Å². The van der Waals surface area contributed by atoms with E-state index in [9.17, 15) is 18.4 Å². The van der Waals surface area contributed by atoms with Crippen molar-refractivity contribution in [1.82, 2.24) is 5.32 Å². The van der Waals surface area contributed by atoms with Gasteiger partial charge in [0.1, 0.15) is 0 Å². The molecule has 1 aromatic carbocycles. The lowest BCUT2D eigenvalue weighted by Crippen LogP contribution is -2.27. The minimum absolute atomic E-state index is 0.159. The molecule has 0 spiro atoms. The first-order valence-corrected chi connectivity index (χ1v) is 8.11. The molecule has 0 fully saturated rings. The van der Waals surface area contributed by atoms with Crippen molar-refractivity contribution < 1.29 is 23.1 Å². The minimum Gasteiger partial charge on any atom is -0.464 e. The number of rotatable bonds is 8. The molecule has 0 bridgehead atoms. The van der Waals surface area contributed by atoms with Crippen LogP contribution in [0.1, 0.15) is 29.6 Å². The van der Waals surface area contributed by atoms with E-state index < -0.39 is 11.9 Å². The molecule has 1 rings (SSSR count). The van der Waals surface area contributed by atoms with Gasteiger partial charge < -0.3 is 10.1 Å². The summed E-state index contributed by atoms with van der Waals surface area (Å²) in [5.41, 5.74) is 0.583. The van der Waals surface area contributed by atoms with Crippen molar-refractivity contribution in [1.29, 1.82) is 0 Å². The van der Waals surface area contributed by atoms with Crippen LogP contribution >= 0.6 is 22.6 Å². The molecule has 0 heterocycles. The summed E-state index contributed by atoms with van der Waals surface area (Å²) in [5.74, 6) is -5.33. The molecule has 0 aliphatic rings. The van der Waals surface area contributed by atoms with Crippen LogP contribution in [0, 0.1) is 0 Å². The first kappa shape index (κ1) is 19.5. The van der Waals surface area contributed by atoms with Gasteiger partial charge in [-0.15, -0.1) is 0 Å². The number of esters is 1. The number of ether oxygens (including phenoxy) is 1. The summed E-state index contributed by atoms with van der Waals surface area (Å²) in [5, 5.41) is 2.77. The Kier molecular flexibility index (Phi) is 8.15.